The number of alkyl halides is 3. The van der Waals surface area contributed by atoms with Gasteiger partial charge in [0.2, 0.25) is 5.88 Å². The molecule has 9 nitrogen and oxygen atoms in total. The van der Waals surface area contributed by atoms with Crippen molar-refractivity contribution in [3.63, 3.8) is 0 Å². The van der Waals surface area contributed by atoms with Crippen LogP contribution in [0.1, 0.15) is 11.3 Å². The van der Waals surface area contributed by atoms with Crippen molar-refractivity contribution < 1.29 is 31.4 Å². The molecular weight excluding hydrogens is 537 g/mol. The second kappa shape index (κ2) is 9.82. The Balaban J connectivity index is 1.66. The zero-order chi connectivity index (χ0) is 27.0. The van der Waals surface area contributed by atoms with Gasteiger partial charge >= 0.3 is 12.1 Å². The van der Waals surface area contributed by atoms with Gasteiger partial charge in [0, 0.05) is 11.2 Å². The molecule has 0 unspecified atom stereocenters. The van der Waals surface area contributed by atoms with Crippen molar-refractivity contribution in [1.29, 1.82) is 0 Å². The highest BCUT2D eigenvalue weighted by atomic mass is 35.5. The number of benzene rings is 2. The fraction of sp³-hybridized carbons (Fsp3) is 0.130. The lowest BCUT2D eigenvalue weighted by atomic mass is 10.2. The zero-order valence-electron chi connectivity index (χ0n) is 18.9. The lowest BCUT2D eigenvalue weighted by molar-refractivity contribution is -0.274. The summed E-state index contributed by atoms with van der Waals surface area (Å²) in [6, 6.07) is 11.4. The molecule has 0 atom stereocenters. The molecule has 2 heterocycles. The molecule has 0 aliphatic rings. The molecule has 4 aromatic rings. The predicted octanol–water partition coefficient (Wildman–Crippen LogP) is 4.45. The average Bonchev–Trinajstić information content (AvgIpc) is 3.03. The van der Waals surface area contributed by atoms with Gasteiger partial charge < -0.3 is 9.84 Å². The molecule has 0 saturated heterocycles. The van der Waals surface area contributed by atoms with E-state index < -0.39 is 33.7 Å². The second-order valence-corrected chi connectivity index (χ2v) is 9.87. The quantitative estimate of drug-likeness (QED) is 0.349. The smallest absolute Gasteiger partial charge is 0.493 e. The van der Waals surface area contributed by atoms with Gasteiger partial charge in [-0.15, -0.1) is 13.2 Å². The van der Waals surface area contributed by atoms with Crippen molar-refractivity contribution in [2.45, 2.75) is 24.7 Å². The summed E-state index contributed by atoms with van der Waals surface area (Å²) < 4.78 is 71.3. The number of ether oxygens (including phenoxy) is 1. The minimum Gasteiger partial charge on any atom is -0.493 e. The van der Waals surface area contributed by atoms with Crippen LogP contribution in [0.15, 0.2) is 76.7 Å². The predicted molar refractivity (Wildman–Crippen MR) is 129 cm³/mol. The van der Waals surface area contributed by atoms with Gasteiger partial charge in [-0.1, -0.05) is 11.6 Å². The summed E-state index contributed by atoms with van der Waals surface area (Å²) in [6.45, 7) is 1.31. The number of rotatable bonds is 7. The van der Waals surface area contributed by atoms with Gasteiger partial charge in [-0.3, -0.25) is 14.3 Å². The first-order valence-corrected chi connectivity index (χ1v) is 12.3. The van der Waals surface area contributed by atoms with E-state index in [1.807, 2.05) is 0 Å². The standard InChI is InChI=1S/C23H18ClF3N4O5S/c1-14-21(32)31(17-4-6-18(7-5-17)36-23(25,26)27)22(33)30(14)13-15-10-11-28-12-20(15)29-37(34,35)19-8-2-16(24)3-9-19/h2-12,29,32H,13H2,1H3. The van der Waals surface area contributed by atoms with Crippen molar-refractivity contribution in [3.8, 4) is 17.3 Å². The molecule has 0 bridgehead atoms. The topological polar surface area (TPSA) is 115 Å². The third-order valence-electron chi connectivity index (χ3n) is 5.30. The van der Waals surface area contributed by atoms with E-state index in [2.05, 4.69) is 14.4 Å². The fourth-order valence-electron chi connectivity index (χ4n) is 3.49. The van der Waals surface area contributed by atoms with Crippen LogP contribution in [0.4, 0.5) is 18.9 Å². The Morgan fingerprint density at radius 1 is 1.08 bits per heavy atom. The number of halogens is 4. The van der Waals surface area contributed by atoms with E-state index in [1.54, 1.807) is 0 Å². The first-order chi connectivity index (χ1) is 17.4. The van der Waals surface area contributed by atoms with Gasteiger partial charge in [-0.25, -0.2) is 17.8 Å². The maximum atomic E-state index is 13.2. The molecule has 0 fully saturated rings. The Hall–Kier alpha value is -3.97. The van der Waals surface area contributed by atoms with Crippen molar-refractivity contribution in [2.24, 2.45) is 0 Å². The summed E-state index contributed by atoms with van der Waals surface area (Å²) in [7, 11) is -4.01. The molecular formula is C23H18ClF3N4O5S. The van der Waals surface area contributed by atoms with Crippen LogP contribution >= 0.6 is 11.6 Å². The number of pyridine rings is 1. The summed E-state index contributed by atoms with van der Waals surface area (Å²) in [5.41, 5.74) is -0.00234. The Morgan fingerprint density at radius 3 is 2.35 bits per heavy atom. The van der Waals surface area contributed by atoms with Crippen LogP contribution in [-0.2, 0) is 16.6 Å². The first kappa shape index (κ1) is 26.1. The zero-order valence-corrected chi connectivity index (χ0v) is 20.5. The molecule has 0 aliphatic heterocycles. The van der Waals surface area contributed by atoms with Crippen molar-refractivity contribution >= 4 is 27.3 Å². The summed E-state index contributed by atoms with van der Waals surface area (Å²) >= 11 is 5.83. The van der Waals surface area contributed by atoms with Gasteiger partial charge in [0.1, 0.15) is 5.75 Å². The molecule has 0 spiro atoms. The molecule has 0 amide bonds. The molecule has 0 saturated carbocycles. The van der Waals surface area contributed by atoms with Crippen molar-refractivity contribution in [2.75, 3.05) is 4.72 Å². The fourth-order valence-corrected chi connectivity index (χ4v) is 4.71. The first-order valence-electron chi connectivity index (χ1n) is 10.4. The highest BCUT2D eigenvalue weighted by Crippen LogP contribution is 2.27. The molecule has 37 heavy (non-hydrogen) atoms. The molecule has 2 N–H and O–H groups in total. The van der Waals surface area contributed by atoms with Gasteiger partial charge in [0.15, 0.2) is 0 Å². The number of anilines is 1. The maximum absolute atomic E-state index is 13.2. The number of nitrogens with zero attached hydrogens (tertiary/aromatic N) is 3. The minimum absolute atomic E-state index is 0.0400. The highest BCUT2D eigenvalue weighted by molar-refractivity contribution is 7.92. The molecule has 194 valence electrons. The second-order valence-electron chi connectivity index (χ2n) is 7.75. The van der Waals surface area contributed by atoms with E-state index >= 15 is 0 Å². The van der Waals surface area contributed by atoms with E-state index in [0.717, 1.165) is 16.7 Å². The van der Waals surface area contributed by atoms with Crippen molar-refractivity contribution in [1.82, 2.24) is 14.1 Å². The molecule has 0 radical (unpaired) electrons. The van der Waals surface area contributed by atoms with Gasteiger partial charge in [0.05, 0.1) is 34.7 Å². The summed E-state index contributed by atoms with van der Waals surface area (Å²) in [4.78, 5) is 17.1. The van der Waals surface area contributed by atoms with E-state index in [4.69, 9.17) is 11.6 Å². The molecule has 2 aromatic heterocycles. The number of sulfonamides is 1. The van der Waals surface area contributed by atoms with Crippen LogP contribution in [0.2, 0.25) is 5.02 Å². The summed E-state index contributed by atoms with van der Waals surface area (Å²) in [5.74, 6) is -0.929. The Kier molecular flexibility index (Phi) is 6.93. The molecule has 0 aliphatic carbocycles. The number of nitrogens with one attached hydrogen (secondary N) is 1. The van der Waals surface area contributed by atoms with E-state index in [-0.39, 0.29) is 28.5 Å². The number of imidazole rings is 1. The largest absolute Gasteiger partial charge is 0.573 e. The molecule has 14 heteroatoms. The number of aromatic hydroxyl groups is 1. The molecule has 4 rings (SSSR count). The summed E-state index contributed by atoms with van der Waals surface area (Å²) in [5, 5.41) is 11.0. The summed E-state index contributed by atoms with van der Waals surface area (Å²) in [6.07, 6.45) is -2.19. The maximum Gasteiger partial charge on any atom is 0.573 e. The minimum atomic E-state index is -4.88. The van der Waals surface area contributed by atoms with E-state index in [9.17, 15) is 31.5 Å². The Bertz CT molecular complexity index is 1600. The van der Waals surface area contributed by atoms with Crippen LogP contribution in [0.5, 0.6) is 11.6 Å². The molecule has 2 aromatic carbocycles. The Morgan fingerprint density at radius 2 is 1.73 bits per heavy atom. The van der Waals surface area contributed by atoms with Gasteiger partial charge in [0.25, 0.3) is 10.0 Å². The average molecular weight is 555 g/mol. The van der Waals surface area contributed by atoms with Crippen LogP contribution < -0.4 is 15.1 Å². The van der Waals surface area contributed by atoms with Crippen LogP contribution in [0.25, 0.3) is 5.69 Å². The lowest BCUT2D eigenvalue weighted by Crippen LogP contribution is -2.25. The normalized spacial score (nSPS) is 11.9. The monoisotopic (exact) mass is 554 g/mol. The van der Waals surface area contributed by atoms with Crippen LogP contribution in [-0.4, -0.2) is 34.0 Å². The number of hydrogen-bond acceptors (Lipinski definition) is 6. The number of hydrogen-bond donors (Lipinski definition) is 2. The van der Waals surface area contributed by atoms with E-state index in [0.29, 0.717) is 10.6 Å². The third kappa shape index (κ3) is 5.73. The SMILES string of the molecule is Cc1c(O)n(-c2ccc(OC(F)(F)F)cc2)c(=O)n1Cc1ccncc1NS(=O)(=O)c1ccc(Cl)cc1. The van der Waals surface area contributed by atoms with Gasteiger partial charge in [-0.05, 0) is 67.1 Å². The van der Waals surface area contributed by atoms with E-state index in [1.165, 1.54) is 66.3 Å². The van der Waals surface area contributed by atoms with Crippen LogP contribution in [0, 0.1) is 6.92 Å². The highest BCUT2D eigenvalue weighted by Gasteiger charge is 2.31. The lowest BCUT2D eigenvalue weighted by Gasteiger charge is -2.13. The number of aromatic nitrogens is 3. The Labute approximate surface area is 213 Å². The van der Waals surface area contributed by atoms with Crippen molar-refractivity contribution in [3.05, 3.63) is 93.8 Å². The third-order valence-corrected chi connectivity index (χ3v) is 6.93. The van der Waals surface area contributed by atoms with Crippen LogP contribution in [0.3, 0.4) is 0 Å². The van der Waals surface area contributed by atoms with Gasteiger partial charge in [-0.2, -0.15) is 0 Å².